The summed E-state index contributed by atoms with van der Waals surface area (Å²) in [4.78, 5) is 38.0. The second-order valence-electron chi connectivity index (χ2n) is 6.83. The molecule has 1 unspecified atom stereocenters. The number of allylic oxidation sites excluding steroid dienone is 1. The highest BCUT2D eigenvalue weighted by Gasteiger charge is 2.33. The third kappa shape index (κ3) is 3.95. The van der Waals surface area contributed by atoms with E-state index in [1.807, 2.05) is 25.1 Å². The van der Waals surface area contributed by atoms with Gasteiger partial charge in [0.25, 0.3) is 0 Å². The van der Waals surface area contributed by atoms with Gasteiger partial charge in [-0.05, 0) is 37.5 Å². The molecule has 27 heavy (non-hydrogen) atoms. The van der Waals surface area contributed by atoms with E-state index in [0.29, 0.717) is 16.5 Å². The standard InChI is InChI=1S/C19H20N2O5S/c1-11(13-4-5-15-16(6-13)26-10-25-15)20-17(23)8-21-18(24)9-27-19(21)7-14(22)12-2-3-12/h4-7,11-12H,2-3,8-10H2,1H3,(H,20,23). The zero-order valence-electron chi connectivity index (χ0n) is 14.9. The van der Waals surface area contributed by atoms with Crippen LogP contribution >= 0.6 is 11.8 Å². The molecule has 0 spiro atoms. The van der Waals surface area contributed by atoms with Crippen LogP contribution in [0, 0.1) is 5.92 Å². The van der Waals surface area contributed by atoms with Crippen molar-refractivity contribution < 1.29 is 23.9 Å². The maximum absolute atomic E-state index is 12.5. The van der Waals surface area contributed by atoms with Gasteiger partial charge in [0.15, 0.2) is 17.3 Å². The lowest BCUT2D eigenvalue weighted by molar-refractivity contribution is -0.131. The Morgan fingerprint density at radius 2 is 2.11 bits per heavy atom. The van der Waals surface area contributed by atoms with Gasteiger partial charge in [0.2, 0.25) is 18.6 Å². The number of carbonyl (C=O) groups is 3. The molecule has 0 radical (unpaired) electrons. The minimum Gasteiger partial charge on any atom is -0.454 e. The maximum Gasteiger partial charge on any atom is 0.240 e. The number of amides is 2. The molecule has 1 N–H and O–H groups in total. The number of ether oxygens (including phenoxy) is 2. The van der Waals surface area contributed by atoms with Gasteiger partial charge in [0.05, 0.1) is 16.8 Å². The number of rotatable bonds is 6. The zero-order valence-corrected chi connectivity index (χ0v) is 15.7. The number of hydrogen-bond acceptors (Lipinski definition) is 6. The highest BCUT2D eigenvalue weighted by Crippen LogP contribution is 2.35. The third-order valence-corrected chi connectivity index (χ3v) is 5.76. The number of nitrogens with zero attached hydrogens (tertiary/aromatic N) is 1. The molecule has 142 valence electrons. The van der Waals surface area contributed by atoms with E-state index in [0.717, 1.165) is 18.4 Å². The largest absolute Gasteiger partial charge is 0.454 e. The van der Waals surface area contributed by atoms with Crippen molar-refractivity contribution in [1.29, 1.82) is 0 Å². The molecule has 8 heteroatoms. The van der Waals surface area contributed by atoms with Crippen LogP contribution in [0.25, 0.3) is 0 Å². The fourth-order valence-corrected chi connectivity index (χ4v) is 3.95. The predicted molar refractivity (Wildman–Crippen MR) is 99.1 cm³/mol. The van der Waals surface area contributed by atoms with Gasteiger partial charge < -0.3 is 14.8 Å². The van der Waals surface area contributed by atoms with Gasteiger partial charge >= 0.3 is 0 Å². The summed E-state index contributed by atoms with van der Waals surface area (Å²) in [6.45, 7) is 1.97. The number of carbonyl (C=O) groups excluding carboxylic acids is 3. The summed E-state index contributed by atoms with van der Waals surface area (Å²) in [6.07, 6.45) is 3.34. The Kier molecular flexibility index (Phi) is 4.82. The average Bonchev–Trinajstić information content (AvgIpc) is 3.31. The SMILES string of the molecule is CC(NC(=O)CN1C(=O)CSC1=CC(=O)C1CC1)c1ccc2c(c1)OCO2. The van der Waals surface area contributed by atoms with Gasteiger partial charge in [0.1, 0.15) is 6.54 Å². The molecule has 1 saturated heterocycles. The van der Waals surface area contributed by atoms with E-state index < -0.39 is 0 Å². The molecule has 3 aliphatic rings. The molecule has 2 aliphatic heterocycles. The zero-order chi connectivity index (χ0) is 19.0. The number of ketones is 1. The first-order valence-electron chi connectivity index (χ1n) is 8.89. The molecule has 0 aromatic heterocycles. The summed E-state index contributed by atoms with van der Waals surface area (Å²) in [7, 11) is 0. The van der Waals surface area contributed by atoms with Crippen molar-refractivity contribution in [3.05, 3.63) is 34.9 Å². The number of benzene rings is 1. The second kappa shape index (κ2) is 7.26. The molecular formula is C19H20N2O5S. The van der Waals surface area contributed by atoms with Crippen LogP contribution in [0.4, 0.5) is 0 Å². The van der Waals surface area contributed by atoms with Gasteiger partial charge in [-0.15, -0.1) is 0 Å². The van der Waals surface area contributed by atoms with Crippen LogP contribution in [0.1, 0.15) is 31.4 Å². The second-order valence-corrected chi connectivity index (χ2v) is 7.83. The van der Waals surface area contributed by atoms with Crippen LogP contribution in [0.15, 0.2) is 29.3 Å². The summed E-state index contributed by atoms with van der Waals surface area (Å²) in [6, 6.07) is 5.27. The number of fused-ring (bicyclic) bond motifs is 1. The van der Waals surface area contributed by atoms with Crippen LogP contribution in [-0.2, 0) is 14.4 Å². The minimum absolute atomic E-state index is 0.0475. The third-order valence-electron chi connectivity index (χ3n) is 4.73. The number of hydrogen-bond donors (Lipinski definition) is 1. The first-order valence-corrected chi connectivity index (χ1v) is 9.87. The van der Waals surface area contributed by atoms with Gasteiger partial charge in [-0.1, -0.05) is 17.8 Å². The normalized spacial score (nSPS) is 20.9. The van der Waals surface area contributed by atoms with E-state index in [1.165, 1.54) is 22.7 Å². The topological polar surface area (TPSA) is 84.9 Å². The van der Waals surface area contributed by atoms with E-state index in [9.17, 15) is 14.4 Å². The highest BCUT2D eigenvalue weighted by molar-refractivity contribution is 8.04. The van der Waals surface area contributed by atoms with E-state index in [4.69, 9.17) is 9.47 Å². The molecule has 1 atom stereocenters. The first kappa shape index (κ1) is 17.9. The van der Waals surface area contributed by atoms with E-state index in [-0.39, 0.29) is 48.6 Å². The monoisotopic (exact) mass is 388 g/mol. The molecule has 1 saturated carbocycles. The van der Waals surface area contributed by atoms with Crippen molar-refractivity contribution in [3.63, 3.8) is 0 Å². The van der Waals surface area contributed by atoms with Crippen molar-refractivity contribution in [3.8, 4) is 11.5 Å². The summed E-state index contributed by atoms with van der Waals surface area (Å²) in [5, 5.41) is 3.47. The van der Waals surface area contributed by atoms with Crippen molar-refractivity contribution in [2.45, 2.75) is 25.8 Å². The fourth-order valence-electron chi connectivity index (χ4n) is 3.00. The van der Waals surface area contributed by atoms with E-state index >= 15 is 0 Å². The molecule has 2 fully saturated rings. The van der Waals surface area contributed by atoms with E-state index in [1.54, 1.807) is 0 Å². The highest BCUT2D eigenvalue weighted by atomic mass is 32.2. The summed E-state index contributed by atoms with van der Waals surface area (Å²) < 4.78 is 10.7. The lowest BCUT2D eigenvalue weighted by atomic mass is 10.1. The smallest absolute Gasteiger partial charge is 0.240 e. The number of thioether (sulfide) groups is 1. The Balaban J connectivity index is 1.39. The minimum atomic E-state index is -0.277. The van der Waals surface area contributed by atoms with Crippen LogP contribution in [-0.4, -0.2) is 41.6 Å². The van der Waals surface area contributed by atoms with Crippen molar-refractivity contribution in [1.82, 2.24) is 10.2 Å². The Morgan fingerprint density at radius 3 is 2.89 bits per heavy atom. The lowest BCUT2D eigenvalue weighted by Gasteiger charge is -2.19. The predicted octanol–water partition coefficient (Wildman–Crippen LogP) is 1.99. The Hall–Kier alpha value is -2.48. The molecular weight excluding hydrogens is 368 g/mol. The summed E-state index contributed by atoms with van der Waals surface area (Å²) in [5.74, 6) is 1.31. The quantitative estimate of drug-likeness (QED) is 0.751. The summed E-state index contributed by atoms with van der Waals surface area (Å²) in [5.41, 5.74) is 0.884. The van der Waals surface area contributed by atoms with E-state index in [2.05, 4.69) is 5.32 Å². The molecule has 1 aliphatic carbocycles. The Labute approximate surface area is 161 Å². The van der Waals surface area contributed by atoms with Crippen LogP contribution in [0.5, 0.6) is 11.5 Å². The van der Waals surface area contributed by atoms with Crippen molar-refractivity contribution >= 4 is 29.4 Å². The average molecular weight is 388 g/mol. The first-order chi connectivity index (χ1) is 13.0. The van der Waals surface area contributed by atoms with Gasteiger partial charge in [0, 0.05) is 12.0 Å². The van der Waals surface area contributed by atoms with Crippen LogP contribution < -0.4 is 14.8 Å². The molecule has 0 bridgehead atoms. The Morgan fingerprint density at radius 1 is 1.33 bits per heavy atom. The summed E-state index contributed by atoms with van der Waals surface area (Å²) >= 11 is 1.31. The van der Waals surface area contributed by atoms with Gasteiger partial charge in [-0.25, -0.2) is 0 Å². The van der Waals surface area contributed by atoms with Crippen LogP contribution in [0.3, 0.4) is 0 Å². The van der Waals surface area contributed by atoms with Gasteiger partial charge in [-0.3, -0.25) is 19.3 Å². The molecule has 7 nitrogen and oxygen atoms in total. The van der Waals surface area contributed by atoms with Crippen LogP contribution in [0.2, 0.25) is 0 Å². The molecule has 2 amide bonds. The molecule has 1 aromatic rings. The number of nitrogens with one attached hydrogen (secondary N) is 1. The molecule has 1 aromatic carbocycles. The fraction of sp³-hybridized carbons (Fsp3) is 0.421. The maximum atomic E-state index is 12.5. The van der Waals surface area contributed by atoms with Crippen molar-refractivity contribution in [2.24, 2.45) is 5.92 Å². The molecule has 4 rings (SSSR count). The lowest BCUT2D eigenvalue weighted by Crippen LogP contribution is -2.38. The van der Waals surface area contributed by atoms with Crippen molar-refractivity contribution in [2.75, 3.05) is 19.1 Å². The van der Waals surface area contributed by atoms with Gasteiger partial charge in [-0.2, -0.15) is 0 Å². The Bertz CT molecular complexity index is 833. The molecule has 2 heterocycles.